The Hall–Kier alpha value is -3.41. The molecule has 0 aromatic heterocycles. The summed E-state index contributed by atoms with van der Waals surface area (Å²) in [6.07, 6.45) is 71.4. The maximum absolute atomic E-state index is 12.8. The summed E-state index contributed by atoms with van der Waals surface area (Å²) in [5.41, 5.74) is 0. The van der Waals surface area contributed by atoms with Gasteiger partial charge in [-0.25, -0.2) is 0 Å². The number of carbonyl (C=O) groups is 3. The van der Waals surface area contributed by atoms with Crippen molar-refractivity contribution in [2.75, 3.05) is 13.2 Å². The summed E-state index contributed by atoms with van der Waals surface area (Å²) in [5.74, 6) is -0.941. The zero-order valence-electron chi connectivity index (χ0n) is 43.9. The molecule has 1 atom stereocenters. The van der Waals surface area contributed by atoms with Crippen LogP contribution < -0.4 is 0 Å². The lowest BCUT2D eigenvalue weighted by molar-refractivity contribution is -0.167. The smallest absolute Gasteiger partial charge is 0.306 e. The molecule has 0 aliphatic rings. The first kappa shape index (κ1) is 63.6. The highest BCUT2D eigenvalue weighted by Crippen LogP contribution is 2.15. The fraction of sp³-hybridized carbons (Fsp3) is 0.721. The SMILES string of the molecule is CC/C=C\C/C=C\C/C=C\C/C=C\C/C=C\C/C=C\CCCCC(=O)OCC(COC(=O)CCCCCCC/C=C\CCCCC)OC(=O)CCCCCCCCCCCCCCCCCC. The normalized spacial score (nSPS) is 12.7. The minimum atomic E-state index is -0.796. The van der Waals surface area contributed by atoms with Crippen molar-refractivity contribution >= 4 is 17.9 Å². The number of hydrogen-bond acceptors (Lipinski definition) is 6. The Kier molecular flexibility index (Phi) is 52.4. The quantitative estimate of drug-likeness (QED) is 0.0262. The first-order chi connectivity index (χ1) is 33.0. The predicted molar refractivity (Wildman–Crippen MR) is 288 cm³/mol. The zero-order valence-corrected chi connectivity index (χ0v) is 43.9. The highest BCUT2D eigenvalue weighted by Gasteiger charge is 2.19. The van der Waals surface area contributed by atoms with Gasteiger partial charge in [-0.15, -0.1) is 0 Å². The molecule has 1 unspecified atom stereocenters. The second-order valence-electron chi connectivity index (χ2n) is 18.5. The van der Waals surface area contributed by atoms with Crippen molar-refractivity contribution in [3.05, 3.63) is 85.1 Å². The van der Waals surface area contributed by atoms with Crippen molar-refractivity contribution in [1.82, 2.24) is 0 Å². The molecule has 0 N–H and O–H groups in total. The van der Waals surface area contributed by atoms with E-state index in [1.54, 1.807) is 0 Å². The van der Waals surface area contributed by atoms with E-state index in [9.17, 15) is 14.4 Å². The van der Waals surface area contributed by atoms with E-state index in [0.717, 1.165) is 103 Å². The zero-order chi connectivity index (χ0) is 48.6. The van der Waals surface area contributed by atoms with Gasteiger partial charge in [0.05, 0.1) is 0 Å². The van der Waals surface area contributed by atoms with Crippen LogP contribution in [0.4, 0.5) is 0 Å². The van der Waals surface area contributed by atoms with Gasteiger partial charge in [-0.2, -0.15) is 0 Å². The number of rotatable bonds is 50. The van der Waals surface area contributed by atoms with Crippen LogP contribution in [0.25, 0.3) is 0 Å². The molecule has 384 valence electrons. The van der Waals surface area contributed by atoms with E-state index in [0.29, 0.717) is 19.3 Å². The molecule has 0 aromatic carbocycles. The number of hydrogen-bond donors (Lipinski definition) is 0. The third-order valence-corrected chi connectivity index (χ3v) is 11.9. The van der Waals surface area contributed by atoms with Crippen molar-refractivity contribution < 1.29 is 28.6 Å². The van der Waals surface area contributed by atoms with Crippen LogP contribution >= 0.6 is 0 Å². The molecule has 0 fully saturated rings. The molecule has 0 spiro atoms. The molecule has 0 bridgehead atoms. The van der Waals surface area contributed by atoms with Crippen LogP contribution in [0.2, 0.25) is 0 Å². The molecule has 0 radical (unpaired) electrons. The van der Waals surface area contributed by atoms with Gasteiger partial charge in [0.1, 0.15) is 13.2 Å². The Morgan fingerprint density at radius 1 is 0.313 bits per heavy atom. The number of allylic oxidation sites excluding steroid dienone is 14. The molecule has 0 aromatic rings. The Labute approximate surface area is 414 Å². The van der Waals surface area contributed by atoms with Gasteiger partial charge in [-0.3, -0.25) is 14.4 Å². The number of esters is 3. The van der Waals surface area contributed by atoms with Crippen LogP contribution in [0.3, 0.4) is 0 Å². The van der Waals surface area contributed by atoms with E-state index < -0.39 is 6.10 Å². The lowest BCUT2D eigenvalue weighted by atomic mass is 10.0. The standard InChI is InChI=1S/C61H104O6/c1-4-7-10-13-16-19-22-25-27-29-30-31-32-33-35-36-39-42-45-48-51-54-60(63)66-57-58(56-65-59(62)53-50-47-44-41-38-24-21-18-15-12-9-6-3)67-61(64)55-52-49-46-43-40-37-34-28-26-23-20-17-14-11-8-5-2/h7,10,16,18-19,21,25,27,30-31,33,35,39,42,58H,4-6,8-9,11-15,17,20,22-24,26,28-29,32,34,36-38,40-41,43-57H2,1-3H3/b10-7-,19-16-,21-18-,27-25-,31-30-,35-33-,42-39-. The van der Waals surface area contributed by atoms with E-state index in [4.69, 9.17) is 14.2 Å². The highest BCUT2D eigenvalue weighted by molar-refractivity contribution is 5.71. The summed E-state index contributed by atoms with van der Waals surface area (Å²) >= 11 is 0. The van der Waals surface area contributed by atoms with Crippen LogP contribution in [-0.2, 0) is 28.6 Å². The van der Waals surface area contributed by atoms with Gasteiger partial charge in [0.2, 0.25) is 0 Å². The minimum Gasteiger partial charge on any atom is -0.462 e. The fourth-order valence-corrected chi connectivity index (χ4v) is 7.68. The van der Waals surface area contributed by atoms with Gasteiger partial charge in [-0.05, 0) is 96.3 Å². The number of unbranched alkanes of at least 4 members (excludes halogenated alkanes) is 25. The number of carbonyl (C=O) groups excluding carboxylic acids is 3. The maximum atomic E-state index is 12.8. The van der Waals surface area contributed by atoms with E-state index in [2.05, 4.69) is 106 Å². The van der Waals surface area contributed by atoms with Gasteiger partial charge in [-0.1, -0.05) is 234 Å². The monoisotopic (exact) mass is 933 g/mol. The molecule has 0 saturated carbocycles. The van der Waals surface area contributed by atoms with Crippen LogP contribution in [0.15, 0.2) is 85.1 Å². The van der Waals surface area contributed by atoms with Crippen molar-refractivity contribution in [2.45, 2.75) is 271 Å². The third kappa shape index (κ3) is 53.4. The summed E-state index contributed by atoms with van der Waals surface area (Å²) in [5, 5.41) is 0. The van der Waals surface area contributed by atoms with E-state index >= 15 is 0 Å². The molecule has 0 amide bonds. The second-order valence-corrected chi connectivity index (χ2v) is 18.5. The average molecular weight is 933 g/mol. The molecular weight excluding hydrogens is 829 g/mol. The van der Waals surface area contributed by atoms with Gasteiger partial charge < -0.3 is 14.2 Å². The Morgan fingerprint density at radius 2 is 0.582 bits per heavy atom. The highest BCUT2D eigenvalue weighted by atomic mass is 16.6. The first-order valence-corrected chi connectivity index (χ1v) is 28.1. The number of ether oxygens (including phenoxy) is 3. The van der Waals surface area contributed by atoms with E-state index in [1.807, 2.05) is 0 Å². The van der Waals surface area contributed by atoms with Crippen LogP contribution in [0.5, 0.6) is 0 Å². The lowest BCUT2D eigenvalue weighted by Gasteiger charge is -2.18. The average Bonchev–Trinajstić information content (AvgIpc) is 3.33. The van der Waals surface area contributed by atoms with Crippen molar-refractivity contribution in [2.24, 2.45) is 0 Å². The Balaban J connectivity index is 4.43. The summed E-state index contributed by atoms with van der Waals surface area (Å²) < 4.78 is 16.8. The fourth-order valence-electron chi connectivity index (χ4n) is 7.68. The van der Waals surface area contributed by atoms with E-state index in [-0.39, 0.29) is 31.1 Å². The first-order valence-electron chi connectivity index (χ1n) is 28.1. The molecule has 0 aliphatic carbocycles. The topological polar surface area (TPSA) is 78.9 Å². The molecule has 0 heterocycles. The Bertz CT molecular complexity index is 1300. The summed E-state index contributed by atoms with van der Waals surface area (Å²) in [4.78, 5) is 38.1. The molecule has 0 saturated heterocycles. The molecule has 0 aliphatic heterocycles. The lowest BCUT2D eigenvalue weighted by Crippen LogP contribution is -2.30. The van der Waals surface area contributed by atoms with Gasteiger partial charge in [0.15, 0.2) is 6.10 Å². The largest absolute Gasteiger partial charge is 0.462 e. The van der Waals surface area contributed by atoms with Crippen LogP contribution in [0.1, 0.15) is 265 Å². The van der Waals surface area contributed by atoms with Gasteiger partial charge in [0, 0.05) is 19.3 Å². The minimum absolute atomic E-state index is 0.0932. The van der Waals surface area contributed by atoms with Crippen LogP contribution in [0, 0.1) is 0 Å². The molecule has 67 heavy (non-hydrogen) atoms. The third-order valence-electron chi connectivity index (χ3n) is 11.9. The molecule has 6 heteroatoms. The van der Waals surface area contributed by atoms with Crippen molar-refractivity contribution in [1.29, 1.82) is 0 Å². The van der Waals surface area contributed by atoms with Gasteiger partial charge in [0.25, 0.3) is 0 Å². The molecule has 0 rings (SSSR count). The van der Waals surface area contributed by atoms with E-state index in [1.165, 1.54) is 122 Å². The summed E-state index contributed by atoms with van der Waals surface area (Å²) in [6, 6.07) is 0. The van der Waals surface area contributed by atoms with Crippen molar-refractivity contribution in [3.8, 4) is 0 Å². The van der Waals surface area contributed by atoms with Gasteiger partial charge >= 0.3 is 17.9 Å². The maximum Gasteiger partial charge on any atom is 0.306 e. The second kappa shape index (κ2) is 55.2. The summed E-state index contributed by atoms with van der Waals surface area (Å²) in [7, 11) is 0. The molecular formula is C61H104O6. The van der Waals surface area contributed by atoms with Crippen LogP contribution in [-0.4, -0.2) is 37.2 Å². The summed E-state index contributed by atoms with van der Waals surface area (Å²) in [6.45, 7) is 6.47. The Morgan fingerprint density at radius 3 is 0.985 bits per heavy atom. The van der Waals surface area contributed by atoms with Crippen molar-refractivity contribution in [3.63, 3.8) is 0 Å². The predicted octanol–water partition coefficient (Wildman–Crippen LogP) is 18.8. The molecule has 6 nitrogen and oxygen atoms in total.